The van der Waals surface area contributed by atoms with Gasteiger partial charge < -0.3 is 19.7 Å². The molecule has 25 heavy (non-hydrogen) atoms. The van der Waals surface area contributed by atoms with Crippen LogP contribution < -0.4 is 14.8 Å². The molecule has 0 radical (unpaired) electrons. The Morgan fingerprint density at radius 1 is 1.36 bits per heavy atom. The second-order valence-electron chi connectivity index (χ2n) is 6.78. The fourth-order valence-electron chi connectivity index (χ4n) is 3.37. The summed E-state index contributed by atoms with van der Waals surface area (Å²) in [6.07, 6.45) is 4.40. The second kappa shape index (κ2) is 8.23. The van der Waals surface area contributed by atoms with Crippen LogP contribution >= 0.6 is 0 Å². The monoisotopic (exact) mass is 346 g/mol. The first-order valence-corrected chi connectivity index (χ1v) is 9.00. The number of benzene rings is 1. The van der Waals surface area contributed by atoms with Crippen LogP contribution in [0.15, 0.2) is 18.2 Å². The summed E-state index contributed by atoms with van der Waals surface area (Å²) in [5.74, 6) is 1.89. The largest absolute Gasteiger partial charge is 0.497 e. The third-order valence-electron chi connectivity index (χ3n) is 4.85. The highest BCUT2D eigenvalue weighted by atomic mass is 16.5. The van der Waals surface area contributed by atoms with Crippen LogP contribution in [0.2, 0.25) is 0 Å². The van der Waals surface area contributed by atoms with Crippen LogP contribution in [-0.2, 0) is 16.0 Å². The number of nitrogens with one attached hydrogen (secondary N) is 1. The molecule has 0 unspecified atom stereocenters. The summed E-state index contributed by atoms with van der Waals surface area (Å²) in [4.78, 5) is 25.8. The van der Waals surface area contributed by atoms with Gasteiger partial charge in [-0.2, -0.15) is 0 Å². The maximum Gasteiger partial charge on any atom is 0.239 e. The van der Waals surface area contributed by atoms with Crippen LogP contribution in [0.25, 0.3) is 0 Å². The van der Waals surface area contributed by atoms with Crippen molar-refractivity contribution in [1.82, 2.24) is 10.2 Å². The Kier molecular flexibility index (Phi) is 5.79. The first-order chi connectivity index (χ1) is 12.2. The summed E-state index contributed by atoms with van der Waals surface area (Å²) in [7, 11) is 1.64. The van der Waals surface area contributed by atoms with Crippen molar-refractivity contribution in [1.29, 1.82) is 0 Å². The Morgan fingerprint density at radius 3 is 3.08 bits per heavy atom. The highest BCUT2D eigenvalue weighted by Gasteiger charge is 2.23. The molecule has 3 rings (SSSR count). The standard InChI is InChI=1S/C19H26N2O4/c1-24-16-7-6-15-9-14(13-25-17(15)10-16)11-20-18(22)12-21-8-4-2-3-5-19(21)23/h6-7,10,14H,2-5,8-9,11-13H2,1H3,(H,20,22)/t14-/m0/s1. The Balaban J connectivity index is 1.47. The van der Waals surface area contributed by atoms with Crippen molar-refractivity contribution < 1.29 is 19.1 Å². The van der Waals surface area contributed by atoms with Crippen molar-refractivity contribution in [2.75, 3.05) is 33.4 Å². The minimum absolute atomic E-state index is 0.0872. The molecule has 1 saturated heterocycles. The van der Waals surface area contributed by atoms with Crippen molar-refractivity contribution >= 4 is 11.8 Å². The number of carbonyl (C=O) groups is 2. The van der Waals surface area contributed by atoms with Crippen LogP contribution in [0.5, 0.6) is 11.5 Å². The molecule has 6 nitrogen and oxygen atoms in total. The Hall–Kier alpha value is -2.24. The molecule has 0 bridgehead atoms. The van der Waals surface area contributed by atoms with Crippen LogP contribution in [0, 0.1) is 5.92 Å². The Labute approximate surface area is 148 Å². The fraction of sp³-hybridized carbons (Fsp3) is 0.579. The van der Waals surface area contributed by atoms with Gasteiger partial charge in [-0.05, 0) is 30.9 Å². The van der Waals surface area contributed by atoms with Gasteiger partial charge in [-0.15, -0.1) is 0 Å². The van der Waals surface area contributed by atoms with E-state index in [-0.39, 0.29) is 24.3 Å². The minimum Gasteiger partial charge on any atom is -0.497 e. The molecule has 1 fully saturated rings. The molecule has 1 aromatic rings. The summed E-state index contributed by atoms with van der Waals surface area (Å²) in [6.45, 7) is 1.99. The van der Waals surface area contributed by atoms with E-state index in [1.165, 1.54) is 0 Å². The number of ether oxygens (including phenoxy) is 2. The van der Waals surface area contributed by atoms with Gasteiger partial charge in [0.25, 0.3) is 0 Å². The molecule has 0 spiro atoms. The summed E-state index contributed by atoms with van der Waals surface area (Å²) >= 11 is 0. The van der Waals surface area contributed by atoms with E-state index in [9.17, 15) is 9.59 Å². The lowest BCUT2D eigenvalue weighted by Crippen LogP contribution is -2.43. The maximum atomic E-state index is 12.2. The summed E-state index contributed by atoms with van der Waals surface area (Å²) in [5, 5.41) is 2.96. The molecule has 1 atom stereocenters. The van der Waals surface area contributed by atoms with E-state index in [0.29, 0.717) is 26.1 Å². The van der Waals surface area contributed by atoms with Gasteiger partial charge in [0.1, 0.15) is 11.5 Å². The van der Waals surface area contributed by atoms with Crippen LogP contribution in [0.1, 0.15) is 31.2 Å². The molecule has 0 aliphatic carbocycles. The number of rotatable bonds is 5. The first kappa shape index (κ1) is 17.6. The molecule has 1 aromatic carbocycles. The SMILES string of the molecule is COc1ccc2c(c1)OC[C@H](CNC(=O)CN1CCCCCC1=O)C2. The van der Waals surface area contributed by atoms with Crippen molar-refractivity contribution in [3.05, 3.63) is 23.8 Å². The van der Waals surface area contributed by atoms with Crippen LogP contribution in [0.3, 0.4) is 0 Å². The maximum absolute atomic E-state index is 12.2. The van der Waals surface area contributed by atoms with E-state index in [4.69, 9.17) is 9.47 Å². The minimum atomic E-state index is -0.0872. The summed E-state index contributed by atoms with van der Waals surface area (Å²) < 4.78 is 11.0. The number of fused-ring (bicyclic) bond motifs is 1. The zero-order valence-electron chi connectivity index (χ0n) is 14.8. The number of hydrogen-bond donors (Lipinski definition) is 1. The second-order valence-corrected chi connectivity index (χ2v) is 6.78. The van der Waals surface area contributed by atoms with Gasteiger partial charge in [0, 0.05) is 31.5 Å². The Morgan fingerprint density at radius 2 is 2.24 bits per heavy atom. The van der Waals surface area contributed by atoms with Gasteiger partial charge in [-0.3, -0.25) is 9.59 Å². The molecule has 6 heteroatoms. The number of methoxy groups -OCH3 is 1. The van der Waals surface area contributed by atoms with E-state index >= 15 is 0 Å². The fourth-order valence-corrected chi connectivity index (χ4v) is 3.37. The third kappa shape index (κ3) is 4.65. The van der Waals surface area contributed by atoms with Crippen molar-refractivity contribution in [3.8, 4) is 11.5 Å². The van der Waals surface area contributed by atoms with E-state index < -0.39 is 0 Å². The molecule has 0 aromatic heterocycles. The number of amides is 2. The zero-order valence-corrected chi connectivity index (χ0v) is 14.8. The van der Waals surface area contributed by atoms with Crippen molar-refractivity contribution in [3.63, 3.8) is 0 Å². The molecular weight excluding hydrogens is 320 g/mol. The van der Waals surface area contributed by atoms with E-state index in [1.807, 2.05) is 18.2 Å². The van der Waals surface area contributed by atoms with Gasteiger partial charge in [0.15, 0.2) is 0 Å². The third-order valence-corrected chi connectivity index (χ3v) is 4.85. The number of nitrogens with zero attached hydrogens (tertiary/aromatic N) is 1. The summed E-state index contributed by atoms with van der Waals surface area (Å²) in [5.41, 5.74) is 1.13. The molecule has 136 valence electrons. The smallest absolute Gasteiger partial charge is 0.239 e. The lowest BCUT2D eigenvalue weighted by atomic mass is 9.96. The average Bonchev–Trinajstić information content (AvgIpc) is 2.84. The van der Waals surface area contributed by atoms with Gasteiger partial charge in [0.05, 0.1) is 20.3 Å². The van der Waals surface area contributed by atoms with Gasteiger partial charge in [-0.1, -0.05) is 12.5 Å². The zero-order chi connectivity index (χ0) is 17.6. The highest BCUT2D eigenvalue weighted by Crippen LogP contribution is 2.30. The quantitative estimate of drug-likeness (QED) is 0.882. The lowest BCUT2D eigenvalue weighted by molar-refractivity contribution is -0.135. The van der Waals surface area contributed by atoms with Crippen LogP contribution in [0.4, 0.5) is 0 Å². The molecular formula is C19H26N2O4. The number of carbonyl (C=O) groups excluding carboxylic acids is 2. The van der Waals surface area contributed by atoms with E-state index in [2.05, 4.69) is 5.32 Å². The number of likely N-dealkylation sites (tertiary alicyclic amines) is 1. The van der Waals surface area contributed by atoms with Crippen molar-refractivity contribution in [2.24, 2.45) is 5.92 Å². The topological polar surface area (TPSA) is 67.9 Å². The average molecular weight is 346 g/mol. The molecule has 2 amide bonds. The van der Waals surface area contributed by atoms with Gasteiger partial charge in [-0.25, -0.2) is 0 Å². The predicted octanol–water partition coefficient (Wildman–Crippen LogP) is 1.77. The Bertz CT molecular complexity index is 632. The highest BCUT2D eigenvalue weighted by molar-refractivity contribution is 5.84. The van der Waals surface area contributed by atoms with Gasteiger partial charge >= 0.3 is 0 Å². The molecule has 0 saturated carbocycles. The molecule has 1 N–H and O–H groups in total. The summed E-state index contributed by atoms with van der Waals surface area (Å²) in [6, 6.07) is 5.83. The van der Waals surface area contributed by atoms with Gasteiger partial charge in [0.2, 0.25) is 11.8 Å². The normalized spacial score (nSPS) is 20.3. The molecule has 2 aliphatic heterocycles. The first-order valence-electron chi connectivity index (χ1n) is 9.00. The predicted molar refractivity (Wildman–Crippen MR) is 93.7 cm³/mol. The van der Waals surface area contributed by atoms with Crippen molar-refractivity contribution in [2.45, 2.75) is 32.1 Å². The van der Waals surface area contributed by atoms with E-state index in [0.717, 1.165) is 42.7 Å². The lowest BCUT2D eigenvalue weighted by Gasteiger charge is -2.26. The molecule has 2 aliphatic rings. The molecule has 2 heterocycles. The van der Waals surface area contributed by atoms with Crippen LogP contribution in [-0.4, -0.2) is 50.1 Å². The number of hydrogen-bond acceptors (Lipinski definition) is 4. The van der Waals surface area contributed by atoms with E-state index in [1.54, 1.807) is 12.0 Å².